The van der Waals surface area contributed by atoms with Crippen LogP contribution in [0.3, 0.4) is 0 Å². The molecule has 0 spiro atoms. The molecule has 2 nitrogen and oxygen atoms in total. The zero-order valence-electron chi connectivity index (χ0n) is 7.36. The number of nitrogens with two attached hydrogens (primary N) is 1. The largest absolute Gasteiger partial charge is 0.385 e. The van der Waals surface area contributed by atoms with Gasteiger partial charge in [-0.2, -0.15) is 0 Å². The smallest absolute Gasteiger partial charge is 0.0480 e. The SMILES string of the molecule is COCCC(N)c1ccccc1. The van der Waals surface area contributed by atoms with E-state index in [2.05, 4.69) is 0 Å². The molecule has 2 heteroatoms. The molecule has 1 rings (SSSR count). The Bertz CT molecular complexity index is 210. The van der Waals surface area contributed by atoms with Crippen LogP contribution >= 0.6 is 0 Å². The van der Waals surface area contributed by atoms with Crippen LogP contribution < -0.4 is 5.73 Å². The van der Waals surface area contributed by atoms with Crippen LogP contribution in [-0.2, 0) is 4.74 Å². The number of hydrogen-bond donors (Lipinski definition) is 1. The molecule has 0 radical (unpaired) electrons. The first-order valence-electron chi connectivity index (χ1n) is 4.14. The van der Waals surface area contributed by atoms with E-state index in [9.17, 15) is 0 Å². The predicted octanol–water partition coefficient (Wildman–Crippen LogP) is 1.72. The first-order valence-corrected chi connectivity index (χ1v) is 4.14. The lowest BCUT2D eigenvalue weighted by Crippen LogP contribution is -2.12. The van der Waals surface area contributed by atoms with Gasteiger partial charge in [0.25, 0.3) is 0 Å². The molecule has 0 heterocycles. The number of ether oxygens (including phenoxy) is 1. The molecule has 2 N–H and O–H groups in total. The summed E-state index contributed by atoms with van der Waals surface area (Å²) in [6.07, 6.45) is 0.876. The Balaban J connectivity index is 2.48. The van der Waals surface area contributed by atoms with E-state index in [4.69, 9.17) is 10.5 Å². The van der Waals surface area contributed by atoms with Crippen molar-refractivity contribution in [1.82, 2.24) is 0 Å². The van der Waals surface area contributed by atoms with Crippen LogP contribution in [0.5, 0.6) is 0 Å². The molecule has 0 aliphatic rings. The first-order chi connectivity index (χ1) is 5.84. The van der Waals surface area contributed by atoms with Crippen molar-refractivity contribution < 1.29 is 4.74 Å². The van der Waals surface area contributed by atoms with E-state index in [1.807, 2.05) is 30.3 Å². The summed E-state index contributed by atoms with van der Waals surface area (Å²) < 4.78 is 4.95. The third kappa shape index (κ3) is 2.64. The molecular weight excluding hydrogens is 150 g/mol. The van der Waals surface area contributed by atoms with E-state index in [-0.39, 0.29) is 6.04 Å². The van der Waals surface area contributed by atoms with Crippen molar-refractivity contribution in [2.75, 3.05) is 13.7 Å². The highest BCUT2D eigenvalue weighted by Crippen LogP contribution is 2.12. The molecule has 1 atom stereocenters. The van der Waals surface area contributed by atoms with Gasteiger partial charge in [0.15, 0.2) is 0 Å². The maximum Gasteiger partial charge on any atom is 0.0480 e. The van der Waals surface area contributed by atoms with Crippen molar-refractivity contribution in [1.29, 1.82) is 0 Å². The van der Waals surface area contributed by atoms with Gasteiger partial charge in [-0.25, -0.2) is 0 Å². The maximum atomic E-state index is 5.90. The van der Waals surface area contributed by atoms with E-state index < -0.39 is 0 Å². The van der Waals surface area contributed by atoms with Crippen molar-refractivity contribution in [2.45, 2.75) is 12.5 Å². The summed E-state index contributed by atoms with van der Waals surface area (Å²) in [6.45, 7) is 0.718. The van der Waals surface area contributed by atoms with E-state index in [0.29, 0.717) is 0 Å². The lowest BCUT2D eigenvalue weighted by Gasteiger charge is -2.10. The minimum atomic E-state index is 0.103. The topological polar surface area (TPSA) is 35.2 Å². The Morgan fingerprint density at radius 1 is 1.33 bits per heavy atom. The number of hydrogen-bond acceptors (Lipinski definition) is 2. The van der Waals surface area contributed by atoms with Crippen LogP contribution in [0.2, 0.25) is 0 Å². The van der Waals surface area contributed by atoms with E-state index in [0.717, 1.165) is 13.0 Å². The third-order valence-electron chi connectivity index (χ3n) is 1.86. The summed E-state index contributed by atoms with van der Waals surface area (Å²) in [5.74, 6) is 0. The van der Waals surface area contributed by atoms with Crippen LogP contribution in [0.1, 0.15) is 18.0 Å². The van der Waals surface area contributed by atoms with Crippen LogP contribution in [0.4, 0.5) is 0 Å². The van der Waals surface area contributed by atoms with Crippen molar-refractivity contribution in [3.05, 3.63) is 35.9 Å². The molecule has 0 fully saturated rings. The second kappa shape index (κ2) is 4.91. The molecule has 0 saturated carbocycles. The summed E-state index contributed by atoms with van der Waals surface area (Å²) in [4.78, 5) is 0. The lowest BCUT2D eigenvalue weighted by molar-refractivity contribution is 0.188. The second-order valence-corrected chi connectivity index (χ2v) is 2.80. The molecule has 1 aromatic rings. The van der Waals surface area contributed by atoms with Crippen molar-refractivity contribution in [3.8, 4) is 0 Å². The molecule has 0 aromatic heterocycles. The minimum Gasteiger partial charge on any atom is -0.385 e. The van der Waals surface area contributed by atoms with Crippen LogP contribution in [-0.4, -0.2) is 13.7 Å². The van der Waals surface area contributed by atoms with Gasteiger partial charge in [-0.15, -0.1) is 0 Å². The maximum absolute atomic E-state index is 5.90. The van der Waals surface area contributed by atoms with E-state index in [1.54, 1.807) is 7.11 Å². The molecule has 12 heavy (non-hydrogen) atoms. The van der Waals surface area contributed by atoms with Crippen LogP contribution in [0, 0.1) is 0 Å². The Hall–Kier alpha value is -0.860. The molecule has 0 saturated heterocycles. The van der Waals surface area contributed by atoms with Crippen molar-refractivity contribution >= 4 is 0 Å². The van der Waals surface area contributed by atoms with Crippen LogP contribution in [0.15, 0.2) is 30.3 Å². The molecule has 0 bridgehead atoms. The molecule has 0 amide bonds. The monoisotopic (exact) mass is 165 g/mol. The first kappa shape index (κ1) is 9.23. The molecule has 1 unspecified atom stereocenters. The second-order valence-electron chi connectivity index (χ2n) is 2.80. The van der Waals surface area contributed by atoms with Crippen molar-refractivity contribution in [2.24, 2.45) is 5.73 Å². The third-order valence-corrected chi connectivity index (χ3v) is 1.86. The predicted molar refractivity (Wildman–Crippen MR) is 49.9 cm³/mol. The Labute approximate surface area is 73.3 Å². The molecule has 1 aromatic carbocycles. The molecule has 66 valence electrons. The highest BCUT2D eigenvalue weighted by atomic mass is 16.5. The van der Waals surface area contributed by atoms with Gasteiger partial charge in [0.2, 0.25) is 0 Å². The minimum absolute atomic E-state index is 0.103. The Morgan fingerprint density at radius 2 is 2.00 bits per heavy atom. The highest BCUT2D eigenvalue weighted by molar-refractivity contribution is 5.18. The summed E-state index contributed by atoms with van der Waals surface area (Å²) in [6, 6.07) is 10.2. The van der Waals surface area contributed by atoms with Gasteiger partial charge in [0.05, 0.1) is 0 Å². The fourth-order valence-electron chi connectivity index (χ4n) is 1.11. The average molecular weight is 165 g/mol. The molecular formula is C10H15NO. The highest BCUT2D eigenvalue weighted by Gasteiger charge is 2.03. The van der Waals surface area contributed by atoms with E-state index >= 15 is 0 Å². The van der Waals surface area contributed by atoms with E-state index in [1.165, 1.54) is 5.56 Å². The molecule has 0 aliphatic carbocycles. The summed E-state index contributed by atoms with van der Waals surface area (Å²) in [7, 11) is 1.69. The van der Waals surface area contributed by atoms with Crippen LogP contribution in [0.25, 0.3) is 0 Å². The standard InChI is InChI=1S/C10H15NO/c1-12-8-7-10(11)9-5-3-2-4-6-9/h2-6,10H,7-8,11H2,1H3. The molecule has 0 aliphatic heterocycles. The Morgan fingerprint density at radius 3 is 2.58 bits per heavy atom. The summed E-state index contributed by atoms with van der Waals surface area (Å²) in [5, 5.41) is 0. The zero-order valence-corrected chi connectivity index (χ0v) is 7.36. The van der Waals surface area contributed by atoms with Gasteiger partial charge in [-0.05, 0) is 12.0 Å². The quantitative estimate of drug-likeness (QED) is 0.737. The summed E-state index contributed by atoms with van der Waals surface area (Å²) >= 11 is 0. The summed E-state index contributed by atoms with van der Waals surface area (Å²) in [5.41, 5.74) is 7.08. The number of rotatable bonds is 4. The number of benzene rings is 1. The fourth-order valence-corrected chi connectivity index (χ4v) is 1.11. The lowest BCUT2D eigenvalue weighted by atomic mass is 10.1. The van der Waals surface area contributed by atoms with Gasteiger partial charge < -0.3 is 10.5 Å². The van der Waals surface area contributed by atoms with Gasteiger partial charge in [0, 0.05) is 19.8 Å². The van der Waals surface area contributed by atoms with Gasteiger partial charge in [-0.3, -0.25) is 0 Å². The zero-order chi connectivity index (χ0) is 8.81. The average Bonchev–Trinajstić information content (AvgIpc) is 2.15. The number of methoxy groups -OCH3 is 1. The van der Waals surface area contributed by atoms with Crippen molar-refractivity contribution in [3.63, 3.8) is 0 Å². The van der Waals surface area contributed by atoms with Gasteiger partial charge in [0.1, 0.15) is 0 Å². The Kier molecular flexibility index (Phi) is 3.77. The van der Waals surface area contributed by atoms with Gasteiger partial charge >= 0.3 is 0 Å². The normalized spacial score (nSPS) is 12.8. The van der Waals surface area contributed by atoms with Gasteiger partial charge in [-0.1, -0.05) is 30.3 Å². The fraction of sp³-hybridized carbons (Fsp3) is 0.400.